The molecule has 0 amide bonds. The molecule has 0 spiro atoms. The summed E-state index contributed by atoms with van der Waals surface area (Å²) in [6, 6.07) is 13.0. The van der Waals surface area contributed by atoms with Gasteiger partial charge in [-0.15, -0.1) is 10.2 Å². The lowest BCUT2D eigenvalue weighted by Crippen LogP contribution is -2.07. The first-order valence-electron chi connectivity index (χ1n) is 11.1. The molecule has 0 unspecified atom stereocenters. The third kappa shape index (κ3) is 4.36. The predicted octanol–water partition coefficient (Wildman–Crippen LogP) is 6.93. The van der Waals surface area contributed by atoms with Crippen molar-refractivity contribution < 1.29 is 0 Å². The normalized spacial score (nSPS) is 13.8. The molecule has 1 saturated carbocycles. The lowest BCUT2D eigenvalue weighted by Gasteiger charge is -2.21. The highest BCUT2D eigenvalue weighted by atomic mass is 35.5. The molecule has 5 aromatic rings. The summed E-state index contributed by atoms with van der Waals surface area (Å²) in [5, 5.41) is 21.9. The van der Waals surface area contributed by atoms with Crippen molar-refractivity contribution in [3.8, 4) is 27.6 Å². The molecule has 0 bridgehead atoms. The Labute approximate surface area is 220 Å². The second-order valence-electron chi connectivity index (χ2n) is 8.36. The standard InChI is InChI=1S/C24H18Cl3N7S/c25-16-6-4-14(5-7-16)22-18(11-33-13-28-12-29-33)21(24-31-30-23(35-24)15-2-1-3-15)32-34(22)20-9-8-17(26)10-19(20)27/h4-10,12-13,15H,1-3,11H2. The average molecular weight is 543 g/mol. The molecular formula is C24H18Cl3N7S. The van der Waals surface area contributed by atoms with Gasteiger partial charge in [0.15, 0.2) is 5.01 Å². The molecular weight excluding hydrogens is 525 g/mol. The first-order valence-corrected chi connectivity index (χ1v) is 13.0. The van der Waals surface area contributed by atoms with Gasteiger partial charge in [0.2, 0.25) is 0 Å². The highest BCUT2D eigenvalue weighted by Crippen LogP contribution is 2.42. The predicted molar refractivity (Wildman–Crippen MR) is 139 cm³/mol. The van der Waals surface area contributed by atoms with E-state index in [-0.39, 0.29) is 0 Å². The van der Waals surface area contributed by atoms with Crippen molar-refractivity contribution in [1.29, 1.82) is 0 Å². The van der Waals surface area contributed by atoms with E-state index < -0.39 is 0 Å². The summed E-state index contributed by atoms with van der Waals surface area (Å²) in [4.78, 5) is 4.12. The zero-order valence-corrected chi connectivity index (χ0v) is 21.4. The maximum Gasteiger partial charge on any atom is 0.168 e. The van der Waals surface area contributed by atoms with E-state index >= 15 is 0 Å². The maximum absolute atomic E-state index is 6.65. The fourth-order valence-electron chi connectivity index (χ4n) is 4.13. The van der Waals surface area contributed by atoms with Crippen LogP contribution in [0.1, 0.15) is 35.8 Å². The summed E-state index contributed by atoms with van der Waals surface area (Å²) in [5.41, 5.74) is 4.16. The Morgan fingerprint density at radius 1 is 0.971 bits per heavy atom. The van der Waals surface area contributed by atoms with Gasteiger partial charge in [-0.2, -0.15) is 10.2 Å². The number of nitrogens with zero attached hydrogens (tertiary/aromatic N) is 7. The van der Waals surface area contributed by atoms with Crippen LogP contribution in [-0.2, 0) is 6.54 Å². The van der Waals surface area contributed by atoms with Crippen LogP contribution in [0.2, 0.25) is 15.1 Å². The van der Waals surface area contributed by atoms with Crippen molar-refractivity contribution in [3.63, 3.8) is 0 Å². The van der Waals surface area contributed by atoms with Gasteiger partial charge in [-0.1, -0.05) is 64.7 Å². The zero-order chi connectivity index (χ0) is 23.9. The molecule has 6 rings (SSSR count). The van der Waals surface area contributed by atoms with Crippen molar-refractivity contribution in [2.75, 3.05) is 0 Å². The average Bonchev–Trinajstić information content (AvgIpc) is 3.55. The summed E-state index contributed by atoms with van der Waals surface area (Å²) >= 11 is 20.7. The van der Waals surface area contributed by atoms with E-state index in [2.05, 4.69) is 20.3 Å². The van der Waals surface area contributed by atoms with E-state index in [0.717, 1.165) is 45.4 Å². The number of aromatic nitrogens is 7. The third-order valence-corrected chi connectivity index (χ3v) is 8.01. The SMILES string of the molecule is Clc1ccc(-c2c(Cn3cncn3)c(-c3nnc(C4CCC4)s3)nn2-c2ccc(Cl)cc2Cl)cc1. The first-order chi connectivity index (χ1) is 17.1. The smallest absolute Gasteiger partial charge is 0.168 e. The molecule has 0 atom stereocenters. The minimum atomic E-state index is 0.441. The van der Waals surface area contributed by atoms with Gasteiger partial charge in [-0.25, -0.2) is 14.3 Å². The monoisotopic (exact) mass is 541 g/mol. The van der Waals surface area contributed by atoms with E-state index in [4.69, 9.17) is 39.9 Å². The Balaban J connectivity index is 1.60. The molecule has 1 aliphatic rings. The van der Waals surface area contributed by atoms with Crippen LogP contribution in [-0.4, -0.2) is 34.7 Å². The van der Waals surface area contributed by atoms with E-state index in [9.17, 15) is 0 Å². The molecule has 3 aromatic heterocycles. The van der Waals surface area contributed by atoms with Crippen LogP contribution in [0.5, 0.6) is 0 Å². The van der Waals surface area contributed by atoms with Gasteiger partial charge in [-0.05, 0) is 43.2 Å². The minimum Gasteiger partial charge on any atom is -0.248 e. The maximum atomic E-state index is 6.65. The van der Waals surface area contributed by atoms with Crippen molar-refractivity contribution in [2.24, 2.45) is 0 Å². The molecule has 0 radical (unpaired) electrons. The fourth-order valence-corrected chi connectivity index (χ4v) is 5.77. The highest BCUT2D eigenvalue weighted by Gasteiger charge is 2.28. The first kappa shape index (κ1) is 22.7. The number of rotatable bonds is 6. The van der Waals surface area contributed by atoms with Crippen LogP contribution < -0.4 is 0 Å². The van der Waals surface area contributed by atoms with Gasteiger partial charge < -0.3 is 0 Å². The molecule has 0 N–H and O–H groups in total. The van der Waals surface area contributed by atoms with E-state index in [1.165, 1.54) is 12.7 Å². The van der Waals surface area contributed by atoms with Crippen LogP contribution in [0.4, 0.5) is 0 Å². The summed E-state index contributed by atoms with van der Waals surface area (Å²) in [6.07, 6.45) is 6.75. The Bertz CT molecular complexity index is 1490. The van der Waals surface area contributed by atoms with Gasteiger partial charge in [0.25, 0.3) is 0 Å². The number of benzene rings is 2. The fraction of sp³-hybridized carbons (Fsp3) is 0.208. The largest absolute Gasteiger partial charge is 0.248 e. The van der Waals surface area contributed by atoms with Crippen molar-refractivity contribution in [2.45, 2.75) is 31.7 Å². The topological polar surface area (TPSA) is 74.3 Å². The van der Waals surface area contributed by atoms with Gasteiger partial charge in [-0.3, -0.25) is 0 Å². The number of hydrogen-bond acceptors (Lipinski definition) is 6. The molecule has 11 heteroatoms. The molecule has 1 fully saturated rings. The highest BCUT2D eigenvalue weighted by molar-refractivity contribution is 7.14. The van der Waals surface area contributed by atoms with Gasteiger partial charge in [0.05, 0.1) is 22.9 Å². The van der Waals surface area contributed by atoms with Crippen LogP contribution in [0, 0.1) is 0 Å². The molecule has 2 aromatic carbocycles. The second-order valence-corrected chi connectivity index (χ2v) is 10.6. The lowest BCUT2D eigenvalue weighted by molar-refractivity contribution is 0.416. The van der Waals surface area contributed by atoms with Crippen molar-refractivity contribution in [3.05, 3.63) is 80.8 Å². The molecule has 35 heavy (non-hydrogen) atoms. The lowest BCUT2D eigenvalue weighted by atomic mass is 9.86. The van der Waals surface area contributed by atoms with E-state index in [1.54, 1.807) is 34.5 Å². The zero-order valence-electron chi connectivity index (χ0n) is 18.3. The Morgan fingerprint density at radius 2 is 1.77 bits per heavy atom. The second kappa shape index (κ2) is 9.35. The Kier molecular flexibility index (Phi) is 6.06. The summed E-state index contributed by atoms with van der Waals surface area (Å²) < 4.78 is 3.61. The van der Waals surface area contributed by atoms with Gasteiger partial charge in [0.1, 0.15) is 23.4 Å². The van der Waals surface area contributed by atoms with Crippen LogP contribution in [0.15, 0.2) is 55.1 Å². The van der Waals surface area contributed by atoms with E-state index in [1.807, 2.05) is 35.0 Å². The molecule has 0 aliphatic heterocycles. The van der Waals surface area contributed by atoms with Crippen LogP contribution in [0.25, 0.3) is 27.6 Å². The quantitative estimate of drug-likeness (QED) is 0.233. The summed E-state index contributed by atoms with van der Waals surface area (Å²) in [7, 11) is 0. The number of hydrogen-bond donors (Lipinski definition) is 0. The van der Waals surface area contributed by atoms with Crippen molar-refractivity contribution >= 4 is 46.1 Å². The minimum absolute atomic E-state index is 0.441. The van der Waals surface area contributed by atoms with Crippen LogP contribution in [0.3, 0.4) is 0 Å². The summed E-state index contributed by atoms with van der Waals surface area (Å²) in [6.45, 7) is 0.441. The molecule has 0 saturated heterocycles. The van der Waals surface area contributed by atoms with Crippen molar-refractivity contribution in [1.82, 2.24) is 34.7 Å². The molecule has 176 valence electrons. The van der Waals surface area contributed by atoms with Gasteiger partial charge in [0, 0.05) is 27.1 Å². The van der Waals surface area contributed by atoms with Gasteiger partial charge >= 0.3 is 0 Å². The molecule has 7 nitrogen and oxygen atoms in total. The molecule has 3 heterocycles. The Morgan fingerprint density at radius 3 is 2.46 bits per heavy atom. The van der Waals surface area contributed by atoms with Crippen LogP contribution >= 0.6 is 46.1 Å². The summed E-state index contributed by atoms with van der Waals surface area (Å²) in [5.74, 6) is 0.489. The third-order valence-electron chi connectivity index (χ3n) is 6.12. The Hall–Kier alpha value is -2.78. The van der Waals surface area contributed by atoms with E-state index in [0.29, 0.717) is 33.2 Å². The number of halogens is 3. The molecule has 1 aliphatic carbocycles.